The monoisotopic (exact) mass is 259 g/mol. The van der Waals surface area contributed by atoms with Crippen molar-refractivity contribution in [3.05, 3.63) is 48.0 Å². The summed E-state index contributed by atoms with van der Waals surface area (Å²) >= 11 is 0. The highest BCUT2D eigenvalue weighted by molar-refractivity contribution is 5.89. The van der Waals surface area contributed by atoms with Crippen LogP contribution in [0.25, 0.3) is 0 Å². The van der Waals surface area contributed by atoms with Gasteiger partial charge in [-0.05, 0) is 11.6 Å². The lowest BCUT2D eigenvalue weighted by atomic mass is 9.98. The molecule has 0 aliphatic carbocycles. The second kappa shape index (κ2) is 5.95. The molecule has 1 aliphatic heterocycles. The molecule has 98 valence electrons. The molecule has 1 aliphatic rings. The molecule has 1 heterocycles. The standard InChI is InChI=1S/C14H13NO4/c16-13(17)11-7-4-8-15-12(11)14(18)19-9-10-5-2-1-3-6-10/h1-8,11-12H,9H2,(H,16,17). The molecule has 0 fully saturated rings. The molecule has 0 radical (unpaired) electrons. The van der Waals surface area contributed by atoms with E-state index in [4.69, 9.17) is 9.84 Å². The Morgan fingerprint density at radius 3 is 2.68 bits per heavy atom. The van der Waals surface area contributed by atoms with Gasteiger partial charge in [0.05, 0.1) is 0 Å². The van der Waals surface area contributed by atoms with Gasteiger partial charge in [-0.3, -0.25) is 9.79 Å². The average molecular weight is 259 g/mol. The summed E-state index contributed by atoms with van der Waals surface area (Å²) in [6.07, 6.45) is 4.36. The van der Waals surface area contributed by atoms with Crippen LogP contribution in [0.5, 0.6) is 0 Å². The number of carboxylic acids is 1. The molecule has 0 saturated carbocycles. The first-order valence-corrected chi connectivity index (χ1v) is 5.82. The third-order valence-electron chi connectivity index (χ3n) is 2.74. The van der Waals surface area contributed by atoms with Crippen molar-refractivity contribution >= 4 is 18.2 Å². The van der Waals surface area contributed by atoms with Crippen molar-refractivity contribution in [2.45, 2.75) is 12.6 Å². The van der Waals surface area contributed by atoms with Crippen LogP contribution in [0.4, 0.5) is 0 Å². The molecular formula is C14H13NO4. The summed E-state index contributed by atoms with van der Waals surface area (Å²) in [6, 6.07) is 8.18. The zero-order chi connectivity index (χ0) is 13.7. The van der Waals surface area contributed by atoms with Crippen LogP contribution in [-0.4, -0.2) is 29.3 Å². The van der Waals surface area contributed by atoms with Crippen molar-refractivity contribution in [1.82, 2.24) is 0 Å². The van der Waals surface area contributed by atoms with Crippen LogP contribution in [-0.2, 0) is 20.9 Å². The number of carboxylic acid groups (broad SMARTS) is 1. The Kier molecular flexibility index (Phi) is 4.07. The Labute approximate surface area is 110 Å². The summed E-state index contributed by atoms with van der Waals surface area (Å²) < 4.78 is 5.10. The summed E-state index contributed by atoms with van der Waals surface area (Å²) in [5, 5.41) is 9.01. The number of hydrogen-bond acceptors (Lipinski definition) is 4. The van der Waals surface area contributed by atoms with Crippen molar-refractivity contribution in [3.63, 3.8) is 0 Å². The molecular weight excluding hydrogens is 246 g/mol. The summed E-state index contributed by atoms with van der Waals surface area (Å²) in [5.41, 5.74) is 0.845. The highest BCUT2D eigenvalue weighted by Gasteiger charge is 2.33. The smallest absolute Gasteiger partial charge is 0.332 e. The van der Waals surface area contributed by atoms with Gasteiger partial charge >= 0.3 is 11.9 Å². The van der Waals surface area contributed by atoms with Crippen LogP contribution in [0, 0.1) is 5.92 Å². The molecule has 19 heavy (non-hydrogen) atoms. The van der Waals surface area contributed by atoms with Gasteiger partial charge in [0.25, 0.3) is 0 Å². The highest BCUT2D eigenvalue weighted by atomic mass is 16.5. The van der Waals surface area contributed by atoms with Crippen LogP contribution in [0.15, 0.2) is 47.5 Å². The number of rotatable bonds is 4. The first-order valence-electron chi connectivity index (χ1n) is 5.82. The van der Waals surface area contributed by atoms with Crippen LogP contribution in [0.1, 0.15) is 5.56 Å². The van der Waals surface area contributed by atoms with E-state index in [-0.39, 0.29) is 6.61 Å². The number of dihydropyridines is 1. The number of carbonyl (C=O) groups is 2. The van der Waals surface area contributed by atoms with E-state index in [0.29, 0.717) is 0 Å². The number of ether oxygens (including phenoxy) is 1. The van der Waals surface area contributed by atoms with Crippen LogP contribution in [0.2, 0.25) is 0 Å². The number of nitrogens with zero attached hydrogens (tertiary/aromatic N) is 1. The fourth-order valence-corrected chi connectivity index (χ4v) is 1.75. The summed E-state index contributed by atoms with van der Waals surface area (Å²) in [5.74, 6) is -2.68. The fraction of sp³-hybridized carbons (Fsp3) is 0.214. The quantitative estimate of drug-likeness (QED) is 0.830. The molecule has 0 amide bonds. The van der Waals surface area contributed by atoms with Gasteiger partial charge in [-0.2, -0.15) is 0 Å². The number of benzene rings is 1. The van der Waals surface area contributed by atoms with Gasteiger partial charge in [-0.1, -0.05) is 36.4 Å². The minimum atomic E-state index is -1.09. The summed E-state index contributed by atoms with van der Waals surface area (Å²) in [6.45, 7) is 0.113. The average Bonchev–Trinajstić information content (AvgIpc) is 2.46. The van der Waals surface area contributed by atoms with Crippen molar-refractivity contribution in [1.29, 1.82) is 0 Å². The molecule has 2 unspecified atom stereocenters. The van der Waals surface area contributed by atoms with E-state index >= 15 is 0 Å². The van der Waals surface area contributed by atoms with Crippen molar-refractivity contribution < 1.29 is 19.4 Å². The normalized spacial score (nSPS) is 21.1. The maximum atomic E-state index is 11.9. The van der Waals surface area contributed by atoms with E-state index in [1.54, 1.807) is 0 Å². The zero-order valence-electron chi connectivity index (χ0n) is 10.1. The van der Waals surface area contributed by atoms with E-state index in [2.05, 4.69) is 4.99 Å². The maximum Gasteiger partial charge on any atom is 0.332 e. The lowest BCUT2D eigenvalue weighted by Gasteiger charge is -2.18. The van der Waals surface area contributed by atoms with E-state index < -0.39 is 23.9 Å². The van der Waals surface area contributed by atoms with Gasteiger partial charge in [0.15, 0.2) is 6.04 Å². The third-order valence-corrected chi connectivity index (χ3v) is 2.74. The maximum absolute atomic E-state index is 11.9. The van der Waals surface area contributed by atoms with E-state index in [9.17, 15) is 9.59 Å². The molecule has 0 saturated heterocycles. The van der Waals surface area contributed by atoms with Gasteiger partial charge in [0.2, 0.25) is 0 Å². The molecule has 0 aromatic heterocycles. The van der Waals surface area contributed by atoms with Crippen molar-refractivity contribution in [2.75, 3.05) is 0 Å². The van der Waals surface area contributed by atoms with E-state index in [1.165, 1.54) is 18.4 Å². The molecule has 2 rings (SSSR count). The molecule has 0 bridgehead atoms. The lowest BCUT2D eigenvalue weighted by molar-refractivity contribution is -0.152. The number of carbonyl (C=O) groups excluding carboxylic acids is 1. The number of allylic oxidation sites excluding steroid dienone is 1. The lowest BCUT2D eigenvalue weighted by Crippen LogP contribution is -2.35. The van der Waals surface area contributed by atoms with Crippen LogP contribution in [0.3, 0.4) is 0 Å². The predicted molar refractivity (Wildman–Crippen MR) is 68.8 cm³/mol. The minimum Gasteiger partial charge on any atom is -0.481 e. The van der Waals surface area contributed by atoms with Gasteiger partial charge in [-0.25, -0.2) is 4.79 Å². The highest BCUT2D eigenvalue weighted by Crippen LogP contribution is 2.16. The van der Waals surface area contributed by atoms with E-state index in [0.717, 1.165) is 5.56 Å². The molecule has 5 heteroatoms. The number of hydrogen-bond donors (Lipinski definition) is 1. The van der Waals surface area contributed by atoms with Crippen molar-refractivity contribution in [3.8, 4) is 0 Å². The van der Waals surface area contributed by atoms with Gasteiger partial charge in [-0.15, -0.1) is 0 Å². The molecule has 1 N–H and O–H groups in total. The number of esters is 1. The minimum absolute atomic E-state index is 0.113. The first kappa shape index (κ1) is 13.0. The zero-order valence-corrected chi connectivity index (χ0v) is 10.1. The van der Waals surface area contributed by atoms with Gasteiger partial charge in [0, 0.05) is 6.21 Å². The van der Waals surface area contributed by atoms with E-state index in [1.807, 2.05) is 30.3 Å². The summed E-state index contributed by atoms with van der Waals surface area (Å²) in [4.78, 5) is 26.7. The van der Waals surface area contributed by atoms with Crippen LogP contribution < -0.4 is 0 Å². The number of aliphatic imine (C=N–C) groups is 1. The predicted octanol–water partition coefficient (Wildman–Crippen LogP) is 1.44. The topological polar surface area (TPSA) is 76.0 Å². The Bertz CT molecular complexity index is 522. The number of aliphatic carboxylic acids is 1. The summed E-state index contributed by atoms with van der Waals surface area (Å²) in [7, 11) is 0. The molecule has 1 aromatic rings. The third kappa shape index (κ3) is 3.28. The Morgan fingerprint density at radius 1 is 1.26 bits per heavy atom. The Morgan fingerprint density at radius 2 is 2.00 bits per heavy atom. The second-order valence-corrected chi connectivity index (χ2v) is 4.09. The SMILES string of the molecule is O=C(O)C1C=CC=NC1C(=O)OCc1ccccc1. The van der Waals surface area contributed by atoms with Crippen LogP contribution >= 0.6 is 0 Å². The Balaban J connectivity index is 1.97. The molecule has 1 aromatic carbocycles. The molecule has 2 atom stereocenters. The van der Waals surface area contributed by atoms with Crippen molar-refractivity contribution in [2.24, 2.45) is 10.9 Å². The van der Waals surface area contributed by atoms with Gasteiger partial charge in [0.1, 0.15) is 12.5 Å². The Hall–Kier alpha value is -2.43. The molecule has 5 nitrogen and oxygen atoms in total. The fourth-order valence-electron chi connectivity index (χ4n) is 1.75. The first-order chi connectivity index (χ1) is 9.18. The molecule has 0 spiro atoms. The second-order valence-electron chi connectivity index (χ2n) is 4.09. The largest absolute Gasteiger partial charge is 0.481 e. The van der Waals surface area contributed by atoms with Gasteiger partial charge < -0.3 is 9.84 Å².